The highest BCUT2D eigenvalue weighted by Gasteiger charge is 2.14. The van der Waals surface area contributed by atoms with Gasteiger partial charge in [0.25, 0.3) is 11.8 Å². The van der Waals surface area contributed by atoms with Crippen molar-refractivity contribution in [3.8, 4) is 0 Å². The van der Waals surface area contributed by atoms with Crippen molar-refractivity contribution in [3.05, 3.63) is 102 Å². The Kier molecular flexibility index (Phi) is 5.12. The van der Waals surface area contributed by atoms with E-state index < -0.39 is 0 Å². The zero-order valence-electron chi connectivity index (χ0n) is 15.9. The van der Waals surface area contributed by atoms with E-state index in [0.29, 0.717) is 11.3 Å². The molecule has 0 spiro atoms. The van der Waals surface area contributed by atoms with E-state index in [4.69, 9.17) is 4.42 Å². The maximum absolute atomic E-state index is 12.7. The summed E-state index contributed by atoms with van der Waals surface area (Å²) in [6, 6.07) is 24.2. The molecule has 2 amide bonds. The Labute approximate surface area is 168 Å². The lowest BCUT2D eigenvalue weighted by molar-refractivity contribution is 0.0938. The number of fused-ring (bicyclic) bond motifs is 1. The molecule has 4 rings (SSSR count). The Balaban J connectivity index is 1.46. The lowest BCUT2D eigenvalue weighted by atomic mass is 10.0. The van der Waals surface area contributed by atoms with Crippen LogP contribution in [0.3, 0.4) is 0 Å². The summed E-state index contributed by atoms with van der Waals surface area (Å²) in [4.78, 5) is 24.8. The summed E-state index contributed by atoms with van der Waals surface area (Å²) in [7, 11) is 0. The number of hydrogen-bond donors (Lipinski definition) is 2. The number of amides is 2. The van der Waals surface area contributed by atoms with Gasteiger partial charge in [0.15, 0.2) is 5.76 Å². The van der Waals surface area contributed by atoms with Gasteiger partial charge in [0.05, 0.1) is 12.3 Å². The molecule has 0 bridgehead atoms. The SMILES string of the molecule is CC(NC(=O)c1cccc(NC(=O)c2ccco2)c1)c1ccc2ccccc2c1. The Morgan fingerprint density at radius 2 is 1.66 bits per heavy atom. The Morgan fingerprint density at radius 1 is 0.828 bits per heavy atom. The van der Waals surface area contributed by atoms with Gasteiger partial charge in [0.2, 0.25) is 0 Å². The van der Waals surface area contributed by atoms with Gasteiger partial charge < -0.3 is 15.1 Å². The lowest BCUT2D eigenvalue weighted by Gasteiger charge is -2.15. The van der Waals surface area contributed by atoms with Crippen molar-refractivity contribution < 1.29 is 14.0 Å². The third-order valence-corrected chi connectivity index (χ3v) is 4.75. The molecule has 1 atom stereocenters. The average molecular weight is 384 g/mol. The summed E-state index contributed by atoms with van der Waals surface area (Å²) < 4.78 is 5.09. The number of furan rings is 1. The first-order valence-corrected chi connectivity index (χ1v) is 9.34. The van der Waals surface area contributed by atoms with Crippen LogP contribution in [0, 0.1) is 0 Å². The average Bonchev–Trinajstić information content (AvgIpc) is 3.28. The van der Waals surface area contributed by atoms with E-state index in [1.165, 1.54) is 6.26 Å². The molecule has 0 aliphatic carbocycles. The predicted octanol–water partition coefficient (Wildman–Crippen LogP) is 5.18. The van der Waals surface area contributed by atoms with Crippen molar-refractivity contribution in [2.45, 2.75) is 13.0 Å². The van der Waals surface area contributed by atoms with Crippen LogP contribution in [0.4, 0.5) is 5.69 Å². The summed E-state index contributed by atoms with van der Waals surface area (Å²) in [5, 5.41) is 8.04. The molecule has 1 aromatic heterocycles. The molecule has 5 nitrogen and oxygen atoms in total. The number of carbonyl (C=O) groups is 2. The van der Waals surface area contributed by atoms with Crippen LogP contribution in [0.15, 0.2) is 89.5 Å². The van der Waals surface area contributed by atoms with Crippen LogP contribution in [0.5, 0.6) is 0 Å². The molecule has 0 saturated carbocycles. The topological polar surface area (TPSA) is 71.3 Å². The fourth-order valence-corrected chi connectivity index (χ4v) is 3.18. The monoisotopic (exact) mass is 384 g/mol. The van der Waals surface area contributed by atoms with E-state index in [2.05, 4.69) is 34.9 Å². The maximum Gasteiger partial charge on any atom is 0.291 e. The van der Waals surface area contributed by atoms with E-state index >= 15 is 0 Å². The van der Waals surface area contributed by atoms with Crippen molar-refractivity contribution in [2.24, 2.45) is 0 Å². The normalized spacial score (nSPS) is 11.8. The second kappa shape index (κ2) is 8.02. The van der Waals surface area contributed by atoms with Crippen LogP contribution in [0.2, 0.25) is 0 Å². The second-order valence-electron chi connectivity index (χ2n) is 6.81. The van der Waals surface area contributed by atoms with Gasteiger partial charge >= 0.3 is 0 Å². The van der Waals surface area contributed by atoms with Crippen molar-refractivity contribution in [1.82, 2.24) is 5.32 Å². The molecule has 29 heavy (non-hydrogen) atoms. The first kappa shape index (κ1) is 18.5. The molecule has 2 N–H and O–H groups in total. The van der Waals surface area contributed by atoms with Crippen LogP contribution in [0.25, 0.3) is 10.8 Å². The second-order valence-corrected chi connectivity index (χ2v) is 6.81. The molecule has 3 aromatic carbocycles. The lowest BCUT2D eigenvalue weighted by Crippen LogP contribution is -2.26. The smallest absolute Gasteiger partial charge is 0.291 e. The largest absolute Gasteiger partial charge is 0.459 e. The van der Waals surface area contributed by atoms with Crippen LogP contribution in [-0.4, -0.2) is 11.8 Å². The number of hydrogen-bond acceptors (Lipinski definition) is 3. The summed E-state index contributed by atoms with van der Waals surface area (Å²) in [5.74, 6) is -0.360. The number of carbonyl (C=O) groups excluding carboxylic acids is 2. The Hall–Kier alpha value is -3.86. The summed E-state index contributed by atoms with van der Waals surface area (Å²) in [6.45, 7) is 1.95. The standard InChI is InChI=1S/C24H20N2O3/c1-16(18-12-11-17-6-2-3-7-19(17)14-18)25-23(27)20-8-4-9-21(15-20)26-24(28)22-10-5-13-29-22/h2-16H,1H3,(H,25,27)(H,26,28). The van der Waals surface area contributed by atoms with Gasteiger partial charge in [-0.2, -0.15) is 0 Å². The highest BCUT2D eigenvalue weighted by Crippen LogP contribution is 2.21. The number of rotatable bonds is 5. The van der Waals surface area contributed by atoms with Crippen molar-refractivity contribution in [2.75, 3.05) is 5.32 Å². The summed E-state index contributed by atoms with van der Waals surface area (Å²) in [6.07, 6.45) is 1.44. The number of anilines is 1. The van der Waals surface area contributed by atoms with E-state index in [9.17, 15) is 9.59 Å². The Bertz CT molecular complexity index is 1170. The third kappa shape index (κ3) is 4.19. The highest BCUT2D eigenvalue weighted by molar-refractivity contribution is 6.03. The predicted molar refractivity (Wildman–Crippen MR) is 113 cm³/mol. The maximum atomic E-state index is 12.7. The van der Waals surface area contributed by atoms with Crippen LogP contribution in [0.1, 0.15) is 39.4 Å². The summed E-state index contributed by atoms with van der Waals surface area (Å²) in [5.41, 5.74) is 2.02. The summed E-state index contributed by atoms with van der Waals surface area (Å²) >= 11 is 0. The van der Waals surface area contributed by atoms with Crippen LogP contribution < -0.4 is 10.6 Å². The minimum Gasteiger partial charge on any atom is -0.459 e. The van der Waals surface area contributed by atoms with Gasteiger partial charge in [-0.1, -0.05) is 42.5 Å². The molecule has 0 aliphatic rings. The van der Waals surface area contributed by atoms with E-state index in [1.807, 2.05) is 25.1 Å². The molecular weight excluding hydrogens is 364 g/mol. The number of benzene rings is 3. The quantitative estimate of drug-likeness (QED) is 0.498. The zero-order valence-corrected chi connectivity index (χ0v) is 15.9. The molecule has 144 valence electrons. The minimum absolute atomic E-state index is 0.159. The molecule has 1 unspecified atom stereocenters. The molecular formula is C24H20N2O3. The molecule has 5 heteroatoms. The first-order chi connectivity index (χ1) is 14.1. The van der Waals surface area contributed by atoms with Crippen LogP contribution in [-0.2, 0) is 0 Å². The molecule has 0 fully saturated rings. The highest BCUT2D eigenvalue weighted by atomic mass is 16.3. The fraction of sp³-hybridized carbons (Fsp3) is 0.0833. The van der Waals surface area contributed by atoms with Crippen LogP contribution >= 0.6 is 0 Å². The van der Waals surface area contributed by atoms with Crippen molar-refractivity contribution in [3.63, 3.8) is 0 Å². The molecule has 0 aliphatic heterocycles. The van der Waals surface area contributed by atoms with E-state index in [1.54, 1.807) is 36.4 Å². The third-order valence-electron chi connectivity index (χ3n) is 4.75. The minimum atomic E-state index is -0.364. The van der Waals surface area contributed by atoms with Gasteiger partial charge in [-0.3, -0.25) is 9.59 Å². The van der Waals surface area contributed by atoms with Crippen molar-refractivity contribution in [1.29, 1.82) is 0 Å². The van der Waals surface area contributed by atoms with Gasteiger partial charge in [-0.05, 0) is 59.7 Å². The molecule has 0 saturated heterocycles. The first-order valence-electron chi connectivity index (χ1n) is 9.34. The van der Waals surface area contributed by atoms with Gasteiger partial charge in [-0.25, -0.2) is 0 Å². The van der Waals surface area contributed by atoms with Gasteiger partial charge in [0.1, 0.15) is 0 Å². The van der Waals surface area contributed by atoms with Gasteiger partial charge in [-0.15, -0.1) is 0 Å². The Morgan fingerprint density at radius 3 is 2.45 bits per heavy atom. The molecule has 4 aromatic rings. The van der Waals surface area contributed by atoms with E-state index in [-0.39, 0.29) is 23.6 Å². The molecule has 1 heterocycles. The van der Waals surface area contributed by atoms with Gasteiger partial charge in [0, 0.05) is 11.3 Å². The molecule has 0 radical (unpaired) electrons. The van der Waals surface area contributed by atoms with Crippen molar-refractivity contribution >= 4 is 28.3 Å². The zero-order chi connectivity index (χ0) is 20.2. The number of nitrogens with one attached hydrogen (secondary N) is 2. The fourth-order valence-electron chi connectivity index (χ4n) is 3.18. The van der Waals surface area contributed by atoms with E-state index in [0.717, 1.165) is 16.3 Å².